The van der Waals surface area contributed by atoms with Gasteiger partial charge in [-0.05, 0) is 31.2 Å². The fraction of sp³-hybridized carbons (Fsp3) is 0.462. The minimum Gasteiger partial charge on any atom is -0.465 e. The molecule has 0 saturated heterocycles. The summed E-state index contributed by atoms with van der Waals surface area (Å²) in [4.78, 5) is 11.6. The second-order valence-corrected chi connectivity index (χ2v) is 5.96. The maximum Gasteiger partial charge on any atom is 0.337 e. The maximum atomic E-state index is 12.2. The Morgan fingerprint density at radius 3 is 2.52 bits per heavy atom. The molecule has 2 N–H and O–H groups in total. The first-order valence-electron chi connectivity index (χ1n) is 6.31. The van der Waals surface area contributed by atoms with Crippen LogP contribution in [0.2, 0.25) is 0 Å². The zero-order valence-corrected chi connectivity index (χ0v) is 13.9. The molecule has 0 aliphatic rings. The van der Waals surface area contributed by atoms with Gasteiger partial charge in [0.25, 0.3) is 0 Å². The van der Waals surface area contributed by atoms with Crippen LogP contribution in [0.15, 0.2) is 23.1 Å². The van der Waals surface area contributed by atoms with Crippen LogP contribution in [-0.4, -0.2) is 41.1 Å². The molecule has 0 fully saturated rings. The summed E-state index contributed by atoms with van der Waals surface area (Å²) in [5.41, 5.74) is 0.791. The highest BCUT2D eigenvalue weighted by Crippen LogP contribution is 2.17. The molecule has 0 aromatic heterocycles. The fourth-order valence-corrected chi connectivity index (χ4v) is 2.96. The van der Waals surface area contributed by atoms with E-state index in [-0.39, 0.29) is 29.4 Å². The van der Waals surface area contributed by atoms with Crippen molar-refractivity contribution < 1.29 is 17.9 Å². The lowest BCUT2D eigenvalue weighted by molar-refractivity contribution is 0.0600. The summed E-state index contributed by atoms with van der Waals surface area (Å²) in [5, 5.41) is 3.02. The summed E-state index contributed by atoms with van der Waals surface area (Å²) in [5.74, 6) is -0.561. The first-order valence-corrected chi connectivity index (χ1v) is 7.80. The average molecular weight is 337 g/mol. The van der Waals surface area contributed by atoms with Crippen molar-refractivity contribution in [2.24, 2.45) is 0 Å². The minimum absolute atomic E-state index is 0. The molecule has 0 aliphatic carbocycles. The van der Waals surface area contributed by atoms with Gasteiger partial charge in [-0.15, -0.1) is 12.4 Å². The van der Waals surface area contributed by atoms with E-state index in [4.69, 9.17) is 0 Å². The van der Waals surface area contributed by atoms with Gasteiger partial charge in [0.15, 0.2) is 0 Å². The Labute approximate surface area is 131 Å². The van der Waals surface area contributed by atoms with Crippen LogP contribution in [0.1, 0.15) is 22.8 Å². The second-order valence-electron chi connectivity index (χ2n) is 4.22. The lowest BCUT2D eigenvalue weighted by atomic mass is 10.1. The number of ether oxygens (including phenoxy) is 1. The first-order chi connectivity index (χ1) is 9.42. The molecule has 6 nitrogen and oxygen atoms in total. The molecule has 120 valence electrons. The molecule has 0 bridgehead atoms. The van der Waals surface area contributed by atoms with Gasteiger partial charge in [-0.1, -0.05) is 13.0 Å². The Bertz CT molecular complexity index is 576. The predicted molar refractivity (Wildman–Crippen MR) is 83.5 cm³/mol. The largest absolute Gasteiger partial charge is 0.465 e. The number of nitrogens with one attached hydrogen (secondary N) is 2. The van der Waals surface area contributed by atoms with Gasteiger partial charge in [-0.2, -0.15) is 0 Å². The molecular weight excluding hydrogens is 316 g/mol. The summed E-state index contributed by atoms with van der Waals surface area (Å²) in [6, 6.07) is 4.46. The first kappa shape index (κ1) is 19.9. The van der Waals surface area contributed by atoms with Crippen LogP contribution in [-0.2, 0) is 14.8 Å². The normalized spacial score (nSPS) is 10.8. The van der Waals surface area contributed by atoms with Crippen molar-refractivity contribution in [1.82, 2.24) is 10.0 Å². The Hall–Kier alpha value is -1.15. The molecule has 0 aliphatic heterocycles. The molecule has 8 heteroatoms. The van der Waals surface area contributed by atoms with Crippen LogP contribution in [0.25, 0.3) is 0 Å². The molecule has 1 aromatic rings. The van der Waals surface area contributed by atoms with E-state index in [1.807, 2.05) is 6.92 Å². The van der Waals surface area contributed by atoms with Gasteiger partial charge in [0, 0.05) is 13.1 Å². The monoisotopic (exact) mass is 336 g/mol. The van der Waals surface area contributed by atoms with Gasteiger partial charge in [0.05, 0.1) is 17.6 Å². The SMILES string of the molecule is CCNCCNS(=O)(=O)c1cc(C(=O)OC)ccc1C.Cl. The van der Waals surface area contributed by atoms with Gasteiger partial charge in [-0.25, -0.2) is 17.9 Å². The number of likely N-dealkylation sites (N-methyl/N-ethyl adjacent to an activating group) is 1. The van der Waals surface area contributed by atoms with Crippen LogP contribution >= 0.6 is 12.4 Å². The third-order valence-electron chi connectivity index (χ3n) is 2.74. The molecule has 0 unspecified atom stereocenters. The van der Waals surface area contributed by atoms with Crippen molar-refractivity contribution in [3.63, 3.8) is 0 Å². The number of carbonyl (C=O) groups is 1. The summed E-state index contributed by atoms with van der Waals surface area (Å²) in [7, 11) is -2.38. The third kappa shape index (κ3) is 5.62. The number of methoxy groups -OCH3 is 1. The number of benzene rings is 1. The van der Waals surface area contributed by atoms with Crippen LogP contribution < -0.4 is 10.0 Å². The number of aryl methyl sites for hydroxylation is 1. The summed E-state index contributed by atoms with van der Waals surface area (Å²) < 4.78 is 31.5. The number of esters is 1. The van der Waals surface area contributed by atoms with E-state index in [1.165, 1.54) is 13.2 Å². The molecular formula is C13H21ClN2O4S. The lowest BCUT2D eigenvalue weighted by Gasteiger charge is -2.10. The van der Waals surface area contributed by atoms with Crippen LogP contribution in [0.5, 0.6) is 0 Å². The highest BCUT2D eigenvalue weighted by atomic mass is 35.5. The molecule has 0 heterocycles. The summed E-state index contributed by atoms with van der Waals surface area (Å²) >= 11 is 0. The quantitative estimate of drug-likeness (QED) is 0.575. The smallest absolute Gasteiger partial charge is 0.337 e. The highest BCUT2D eigenvalue weighted by Gasteiger charge is 2.18. The molecule has 0 saturated carbocycles. The van der Waals surface area contributed by atoms with Gasteiger partial charge in [0.1, 0.15) is 0 Å². The Balaban J connectivity index is 0.00000400. The number of hydrogen-bond acceptors (Lipinski definition) is 5. The van der Waals surface area contributed by atoms with E-state index in [0.29, 0.717) is 12.1 Å². The van der Waals surface area contributed by atoms with E-state index in [0.717, 1.165) is 6.54 Å². The van der Waals surface area contributed by atoms with Crippen molar-refractivity contribution in [2.75, 3.05) is 26.7 Å². The number of sulfonamides is 1. The van der Waals surface area contributed by atoms with E-state index in [1.54, 1.807) is 19.1 Å². The Morgan fingerprint density at radius 1 is 1.29 bits per heavy atom. The van der Waals surface area contributed by atoms with Crippen molar-refractivity contribution in [3.05, 3.63) is 29.3 Å². The van der Waals surface area contributed by atoms with Crippen LogP contribution in [0.4, 0.5) is 0 Å². The van der Waals surface area contributed by atoms with E-state index >= 15 is 0 Å². The zero-order chi connectivity index (χ0) is 15.2. The zero-order valence-electron chi connectivity index (χ0n) is 12.3. The average Bonchev–Trinajstić information content (AvgIpc) is 2.43. The van der Waals surface area contributed by atoms with Gasteiger partial charge in [0.2, 0.25) is 10.0 Å². The summed E-state index contributed by atoms with van der Waals surface area (Å²) in [6.45, 7) is 5.24. The van der Waals surface area contributed by atoms with Crippen molar-refractivity contribution in [2.45, 2.75) is 18.7 Å². The van der Waals surface area contributed by atoms with Crippen LogP contribution in [0, 0.1) is 6.92 Å². The summed E-state index contributed by atoms with van der Waals surface area (Å²) in [6.07, 6.45) is 0. The third-order valence-corrected chi connectivity index (χ3v) is 4.35. The van der Waals surface area contributed by atoms with Crippen molar-refractivity contribution in [1.29, 1.82) is 0 Å². The Morgan fingerprint density at radius 2 is 1.95 bits per heavy atom. The molecule has 0 radical (unpaired) electrons. The second kappa shape index (κ2) is 8.99. The van der Waals surface area contributed by atoms with Crippen molar-refractivity contribution in [3.8, 4) is 0 Å². The topological polar surface area (TPSA) is 84.5 Å². The Kier molecular flexibility index (Phi) is 8.50. The minimum atomic E-state index is -3.63. The number of halogens is 1. The number of hydrogen-bond donors (Lipinski definition) is 2. The molecule has 1 aromatic carbocycles. The van der Waals surface area contributed by atoms with Gasteiger partial charge >= 0.3 is 5.97 Å². The molecule has 0 spiro atoms. The highest BCUT2D eigenvalue weighted by molar-refractivity contribution is 7.89. The van der Waals surface area contributed by atoms with Crippen LogP contribution in [0.3, 0.4) is 0 Å². The lowest BCUT2D eigenvalue weighted by Crippen LogP contribution is -2.32. The van der Waals surface area contributed by atoms with E-state index in [9.17, 15) is 13.2 Å². The maximum absolute atomic E-state index is 12.2. The number of carbonyl (C=O) groups excluding carboxylic acids is 1. The number of rotatable bonds is 7. The van der Waals surface area contributed by atoms with Gasteiger partial charge in [-0.3, -0.25) is 0 Å². The standard InChI is InChI=1S/C13H20N2O4S.ClH/c1-4-14-7-8-15-20(17,18)12-9-11(13(16)19-3)6-5-10(12)2;/h5-6,9,14-15H,4,7-8H2,1-3H3;1H. The molecule has 21 heavy (non-hydrogen) atoms. The van der Waals surface area contributed by atoms with E-state index in [2.05, 4.69) is 14.8 Å². The molecule has 1 rings (SSSR count). The predicted octanol–water partition coefficient (Wildman–Crippen LogP) is 1.09. The molecule has 0 atom stereocenters. The molecule has 0 amide bonds. The van der Waals surface area contributed by atoms with Gasteiger partial charge < -0.3 is 10.1 Å². The fourth-order valence-electron chi connectivity index (χ4n) is 1.66. The van der Waals surface area contributed by atoms with E-state index < -0.39 is 16.0 Å². The van der Waals surface area contributed by atoms with Crippen molar-refractivity contribution >= 4 is 28.4 Å².